The fourth-order valence-corrected chi connectivity index (χ4v) is 5.27. The summed E-state index contributed by atoms with van der Waals surface area (Å²) in [5.41, 5.74) is 1.81. The number of aromatic nitrogens is 1. The van der Waals surface area contributed by atoms with E-state index in [9.17, 15) is 18.0 Å². The second-order valence-electron chi connectivity index (χ2n) is 7.37. The first-order valence-corrected chi connectivity index (χ1v) is 11.3. The molecule has 1 saturated heterocycles. The highest BCUT2D eigenvalue weighted by Gasteiger charge is 2.33. The third kappa shape index (κ3) is 3.82. The minimum Gasteiger partial charge on any atom is -0.497 e. The number of aromatic amines is 1. The van der Waals surface area contributed by atoms with Crippen LogP contribution in [0, 0.1) is 6.92 Å². The van der Waals surface area contributed by atoms with Crippen LogP contribution in [0.2, 0.25) is 0 Å². The molecule has 162 valence electrons. The molecule has 1 N–H and O–H groups in total. The molecule has 0 bridgehead atoms. The Morgan fingerprint density at radius 2 is 1.61 bits per heavy atom. The molecule has 1 fully saturated rings. The van der Waals surface area contributed by atoms with Crippen LogP contribution >= 0.6 is 0 Å². The van der Waals surface area contributed by atoms with Gasteiger partial charge in [0.15, 0.2) is 0 Å². The summed E-state index contributed by atoms with van der Waals surface area (Å²) in [6.07, 6.45) is 0. The number of sulfonamides is 1. The fraction of sp³-hybridized carbons (Fsp3) is 0.273. The maximum Gasteiger partial charge on any atom is 0.295 e. The Bertz CT molecular complexity index is 1240. The number of nitrogens with zero attached hydrogens (tertiary/aromatic N) is 2. The van der Waals surface area contributed by atoms with E-state index in [1.165, 1.54) is 28.4 Å². The Morgan fingerprint density at radius 1 is 0.968 bits per heavy atom. The molecule has 1 aromatic heterocycles. The number of carbonyl (C=O) groups excluding carboxylic acids is 2. The van der Waals surface area contributed by atoms with E-state index in [0.717, 1.165) is 5.52 Å². The molecule has 1 aliphatic rings. The molecule has 0 spiro atoms. The van der Waals surface area contributed by atoms with Crippen LogP contribution in [0.4, 0.5) is 0 Å². The number of amides is 1. The number of carbonyl (C=O) groups is 2. The van der Waals surface area contributed by atoms with Crippen LogP contribution in [-0.4, -0.2) is 67.6 Å². The summed E-state index contributed by atoms with van der Waals surface area (Å²) < 4.78 is 32.2. The molecule has 0 saturated carbocycles. The van der Waals surface area contributed by atoms with Crippen molar-refractivity contribution in [1.29, 1.82) is 0 Å². The first-order valence-electron chi connectivity index (χ1n) is 9.88. The third-order valence-electron chi connectivity index (χ3n) is 5.54. The first-order chi connectivity index (χ1) is 14.8. The Morgan fingerprint density at radius 3 is 2.26 bits per heavy atom. The highest BCUT2D eigenvalue weighted by Crippen LogP contribution is 2.24. The van der Waals surface area contributed by atoms with E-state index in [2.05, 4.69) is 4.98 Å². The number of aryl methyl sites for hydroxylation is 1. The quantitative estimate of drug-likeness (QED) is 0.483. The van der Waals surface area contributed by atoms with Crippen molar-refractivity contribution in [3.8, 4) is 5.75 Å². The smallest absolute Gasteiger partial charge is 0.295 e. The van der Waals surface area contributed by atoms with Crippen molar-refractivity contribution in [2.75, 3.05) is 33.3 Å². The van der Waals surface area contributed by atoms with Gasteiger partial charge in [-0.1, -0.05) is 18.2 Å². The zero-order valence-electron chi connectivity index (χ0n) is 17.3. The van der Waals surface area contributed by atoms with Crippen LogP contribution in [0.5, 0.6) is 5.75 Å². The highest BCUT2D eigenvalue weighted by atomic mass is 32.2. The number of Topliss-reactive ketones (excluding diaryl/α,β-unsaturated/α-hetero) is 1. The molecule has 8 nitrogen and oxygen atoms in total. The van der Waals surface area contributed by atoms with Gasteiger partial charge in [0.2, 0.25) is 10.0 Å². The van der Waals surface area contributed by atoms with Crippen molar-refractivity contribution in [3.05, 3.63) is 59.8 Å². The van der Waals surface area contributed by atoms with Gasteiger partial charge >= 0.3 is 0 Å². The molecule has 0 atom stereocenters. The summed E-state index contributed by atoms with van der Waals surface area (Å²) in [6.45, 7) is 2.32. The third-order valence-corrected chi connectivity index (χ3v) is 7.45. The number of para-hydroxylation sites is 1. The second kappa shape index (κ2) is 8.16. The average Bonchev–Trinajstić information content (AvgIpc) is 3.13. The van der Waals surface area contributed by atoms with E-state index in [1.807, 2.05) is 18.2 Å². The Labute approximate surface area is 180 Å². The number of ketones is 1. The van der Waals surface area contributed by atoms with Crippen molar-refractivity contribution < 1.29 is 22.7 Å². The number of H-pyrrole nitrogens is 1. The largest absolute Gasteiger partial charge is 0.497 e. The number of fused-ring (bicyclic) bond motifs is 1. The van der Waals surface area contributed by atoms with Gasteiger partial charge in [-0.05, 0) is 37.3 Å². The predicted octanol–water partition coefficient (Wildman–Crippen LogP) is 2.20. The van der Waals surface area contributed by atoms with Crippen LogP contribution in [-0.2, 0) is 14.8 Å². The summed E-state index contributed by atoms with van der Waals surface area (Å²) >= 11 is 0. The maximum absolute atomic E-state index is 12.9. The molecule has 2 heterocycles. The summed E-state index contributed by atoms with van der Waals surface area (Å²) in [7, 11) is -2.17. The minimum atomic E-state index is -3.69. The van der Waals surface area contributed by atoms with Crippen LogP contribution in [0.25, 0.3) is 10.9 Å². The lowest BCUT2D eigenvalue weighted by Gasteiger charge is -2.33. The second-order valence-corrected chi connectivity index (χ2v) is 9.31. The molecule has 2 aromatic carbocycles. The highest BCUT2D eigenvalue weighted by molar-refractivity contribution is 7.89. The molecule has 0 aliphatic carbocycles. The van der Waals surface area contributed by atoms with E-state index < -0.39 is 21.7 Å². The molecular weight excluding hydrogens is 418 g/mol. The van der Waals surface area contributed by atoms with Crippen molar-refractivity contribution in [3.63, 3.8) is 0 Å². The molecule has 1 aliphatic heterocycles. The Kier molecular flexibility index (Phi) is 5.55. The van der Waals surface area contributed by atoms with E-state index in [-0.39, 0.29) is 31.1 Å². The van der Waals surface area contributed by atoms with Gasteiger partial charge in [0.25, 0.3) is 11.7 Å². The molecule has 0 radical (unpaired) electrons. The minimum absolute atomic E-state index is 0.125. The van der Waals surface area contributed by atoms with Crippen LogP contribution in [0.3, 0.4) is 0 Å². The topological polar surface area (TPSA) is 99.8 Å². The van der Waals surface area contributed by atoms with Gasteiger partial charge < -0.3 is 14.6 Å². The summed E-state index contributed by atoms with van der Waals surface area (Å²) in [6, 6.07) is 13.5. The normalized spacial score (nSPS) is 15.2. The lowest BCUT2D eigenvalue weighted by atomic mass is 10.1. The molecule has 9 heteroatoms. The van der Waals surface area contributed by atoms with Crippen LogP contribution < -0.4 is 4.74 Å². The van der Waals surface area contributed by atoms with Gasteiger partial charge in [0.05, 0.1) is 17.6 Å². The number of hydrogen-bond donors (Lipinski definition) is 1. The number of hydrogen-bond acceptors (Lipinski definition) is 5. The monoisotopic (exact) mass is 441 g/mol. The molecule has 4 rings (SSSR count). The first kappa shape index (κ1) is 21.1. The zero-order chi connectivity index (χ0) is 22.2. The van der Waals surface area contributed by atoms with Gasteiger partial charge in [0.1, 0.15) is 5.75 Å². The number of ether oxygens (including phenoxy) is 1. The van der Waals surface area contributed by atoms with Gasteiger partial charge in [-0.15, -0.1) is 0 Å². The SMILES string of the molecule is COc1ccc(S(=O)(=O)N2CCN(C(=O)C(=O)c3c(C)[nH]c4ccccc34)CC2)cc1. The predicted molar refractivity (Wildman–Crippen MR) is 116 cm³/mol. The van der Waals surface area contributed by atoms with Crippen molar-refractivity contribution in [1.82, 2.24) is 14.2 Å². The standard InChI is InChI=1S/C22H23N3O5S/c1-15-20(18-5-3-4-6-19(18)23-15)21(26)22(27)24-11-13-25(14-12-24)31(28,29)17-9-7-16(30-2)8-10-17/h3-10,23H,11-14H2,1-2H3. The summed E-state index contributed by atoms with van der Waals surface area (Å²) in [5, 5.41) is 0.707. The van der Waals surface area contributed by atoms with Gasteiger partial charge in [-0.2, -0.15) is 4.31 Å². The zero-order valence-corrected chi connectivity index (χ0v) is 18.1. The van der Waals surface area contributed by atoms with Crippen molar-refractivity contribution in [2.45, 2.75) is 11.8 Å². The molecule has 0 unspecified atom stereocenters. The lowest BCUT2D eigenvalue weighted by molar-refractivity contribution is -0.127. The van der Waals surface area contributed by atoms with Crippen molar-refractivity contribution in [2.24, 2.45) is 0 Å². The van der Waals surface area contributed by atoms with E-state index in [4.69, 9.17) is 4.74 Å². The summed E-state index contributed by atoms with van der Waals surface area (Å²) in [5.74, 6) is -0.629. The number of benzene rings is 2. The van der Waals surface area contributed by atoms with E-state index in [1.54, 1.807) is 25.1 Å². The molecular formula is C22H23N3O5S. The maximum atomic E-state index is 12.9. The van der Waals surface area contributed by atoms with Crippen molar-refractivity contribution >= 4 is 32.6 Å². The van der Waals surface area contributed by atoms with Crippen LogP contribution in [0.15, 0.2) is 53.4 Å². The number of methoxy groups -OCH3 is 1. The van der Waals surface area contributed by atoms with Gasteiger partial charge in [0, 0.05) is 42.8 Å². The van der Waals surface area contributed by atoms with Gasteiger partial charge in [-0.25, -0.2) is 8.42 Å². The Hall–Kier alpha value is -3.17. The Balaban J connectivity index is 1.47. The van der Waals surface area contributed by atoms with E-state index >= 15 is 0 Å². The molecule has 1 amide bonds. The molecule has 3 aromatic rings. The fourth-order valence-electron chi connectivity index (χ4n) is 3.85. The summed E-state index contributed by atoms with van der Waals surface area (Å²) in [4.78, 5) is 30.5. The van der Waals surface area contributed by atoms with Gasteiger partial charge in [-0.3, -0.25) is 9.59 Å². The number of piperazine rings is 1. The van der Waals surface area contributed by atoms with Crippen LogP contribution in [0.1, 0.15) is 16.1 Å². The average molecular weight is 442 g/mol. The van der Waals surface area contributed by atoms with E-state index in [0.29, 0.717) is 22.4 Å². The number of nitrogens with one attached hydrogen (secondary N) is 1. The lowest BCUT2D eigenvalue weighted by Crippen LogP contribution is -2.52. The molecule has 31 heavy (non-hydrogen) atoms. The number of rotatable bonds is 5.